The zero-order chi connectivity index (χ0) is 18.0. The van der Waals surface area contributed by atoms with Crippen LogP contribution in [0.4, 0.5) is 13.2 Å². The number of aryl methyl sites for hydroxylation is 1. The van der Waals surface area contributed by atoms with E-state index in [1.54, 1.807) is 12.3 Å². The third-order valence-electron chi connectivity index (χ3n) is 4.70. The molecule has 1 aromatic heterocycles. The number of likely N-dealkylation sites (tertiary alicyclic amines) is 1. The molecule has 1 fully saturated rings. The molecule has 1 aromatic carbocycles. The fraction of sp³-hybridized carbons (Fsp3) is 0.500. The molecule has 0 bridgehead atoms. The Bertz CT molecular complexity index is 714. The second-order valence-electron chi connectivity index (χ2n) is 6.44. The Kier molecular flexibility index (Phi) is 5.15. The van der Waals surface area contributed by atoms with Crippen LogP contribution in [0.1, 0.15) is 36.1 Å². The van der Waals surface area contributed by atoms with Crippen molar-refractivity contribution in [3.8, 4) is 0 Å². The fourth-order valence-electron chi connectivity index (χ4n) is 3.48. The summed E-state index contributed by atoms with van der Waals surface area (Å²) in [7, 11) is 0. The van der Waals surface area contributed by atoms with Gasteiger partial charge < -0.3 is 5.11 Å². The van der Waals surface area contributed by atoms with Crippen LogP contribution in [0, 0.1) is 0 Å². The molecule has 0 spiro atoms. The number of nitrogens with zero attached hydrogens (tertiary/aromatic N) is 3. The summed E-state index contributed by atoms with van der Waals surface area (Å²) in [4.78, 5) is 1.94. The molecule has 0 saturated carbocycles. The number of rotatable bonds is 5. The Labute approximate surface area is 144 Å². The summed E-state index contributed by atoms with van der Waals surface area (Å²) < 4.78 is 41.8. The van der Waals surface area contributed by atoms with Crippen LogP contribution in [-0.4, -0.2) is 39.0 Å². The highest BCUT2D eigenvalue weighted by Gasteiger charge is 2.39. The average molecular weight is 353 g/mol. The van der Waals surface area contributed by atoms with Gasteiger partial charge in [-0.1, -0.05) is 18.2 Å². The van der Waals surface area contributed by atoms with Gasteiger partial charge >= 0.3 is 6.18 Å². The molecule has 1 aliphatic heterocycles. The van der Waals surface area contributed by atoms with Gasteiger partial charge in [0.05, 0.1) is 17.9 Å². The van der Waals surface area contributed by atoms with E-state index in [4.69, 9.17) is 0 Å². The fourth-order valence-corrected chi connectivity index (χ4v) is 3.48. The van der Waals surface area contributed by atoms with Crippen molar-refractivity contribution in [2.45, 2.75) is 44.6 Å². The lowest BCUT2D eigenvalue weighted by Gasteiger charge is -2.26. The van der Waals surface area contributed by atoms with Gasteiger partial charge in [0.25, 0.3) is 0 Å². The van der Waals surface area contributed by atoms with Crippen LogP contribution in [0.5, 0.6) is 0 Å². The minimum absolute atomic E-state index is 0.246. The van der Waals surface area contributed by atoms with Gasteiger partial charge in [0.15, 0.2) is 0 Å². The summed E-state index contributed by atoms with van der Waals surface area (Å²) in [6.45, 7) is 3.75. The number of aromatic nitrogens is 2. The molecule has 4 nitrogen and oxygen atoms in total. The maximum Gasteiger partial charge on any atom is 0.416 e. The molecule has 0 aliphatic carbocycles. The number of β-amino-alcohol motifs (C(OH)–C–C–N with tert-alkyl or cyclic N) is 1. The molecule has 2 heterocycles. The Hall–Kier alpha value is -1.86. The first-order valence-electron chi connectivity index (χ1n) is 8.48. The van der Waals surface area contributed by atoms with Crippen molar-refractivity contribution in [3.63, 3.8) is 0 Å². The molecular formula is C18H22F3N3O. The van der Waals surface area contributed by atoms with Gasteiger partial charge in [0, 0.05) is 31.9 Å². The lowest BCUT2D eigenvalue weighted by molar-refractivity contribution is -0.138. The lowest BCUT2D eigenvalue weighted by atomic mass is 9.97. The Morgan fingerprint density at radius 3 is 2.72 bits per heavy atom. The Morgan fingerprint density at radius 1 is 1.28 bits per heavy atom. The zero-order valence-electron chi connectivity index (χ0n) is 14.1. The summed E-state index contributed by atoms with van der Waals surface area (Å²) in [5, 5.41) is 14.2. The van der Waals surface area contributed by atoms with Gasteiger partial charge in [-0.2, -0.15) is 18.3 Å². The molecule has 0 radical (unpaired) electrons. The average Bonchev–Trinajstić information content (AvgIpc) is 3.18. The van der Waals surface area contributed by atoms with E-state index in [0.29, 0.717) is 25.9 Å². The molecule has 2 atom stereocenters. The van der Waals surface area contributed by atoms with Crippen molar-refractivity contribution in [1.29, 1.82) is 0 Å². The molecule has 1 saturated heterocycles. The van der Waals surface area contributed by atoms with Gasteiger partial charge in [-0.25, -0.2) is 0 Å². The molecule has 25 heavy (non-hydrogen) atoms. The summed E-state index contributed by atoms with van der Waals surface area (Å²) in [6, 6.07) is 5.24. The van der Waals surface area contributed by atoms with Crippen molar-refractivity contribution >= 4 is 0 Å². The van der Waals surface area contributed by atoms with Crippen LogP contribution in [-0.2, 0) is 19.1 Å². The maximum atomic E-state index is 13.3. The van der Waals surface area contributed by atoms with Crippen molar-refractivity contribution in [2.24, 2.45) is 0 Å². The normalized spacial score (nSPS) is 21.8. The number of hydrogen-bond donors (Lipinski definition) is 1. The molecule has 1 N–H and O–H groups in total. The minimum Gasteiger partial charge on any atom is -0.392 e. The molecule has 0 unspecified atom stereocenters. The van der Waals surface area contributed by atoms with Crippen molar-refractivity contribution < 1.29 is 18.3 Å². The molecule has 7 heteroatoms. The molecule has 2 aromatic rings. The number of alkyl halides is 3. The van der Waals surface area contributed by atoms with E-state index in [0.717, 1.165) is 18.2 Å². The highest BCUT2D eigenvalue weighted by molar-refractivity contribution is 5.33. The van der Waals surface area contributed by atoms with Crippen molar-refractivity contribution in [1.82, 2.24) is 14.7 Å². The Balaban J connectivity index is 1.78. The predicted octanol–water partition coefficient (Wildman–Crippen LogP) is 3.27. The van der Waals surface area contributed by atoms with Crippen molar-refractivity contribution in [3.05, 3.63) is 53.3 Å². The summed E-state index contributed by atoms with van der Waals surface area (Å²) in [5.74, 6) is 0. The topological polar surface area (TPSA) is 41.3 Å². The first kappa shape index (κ1) is 17.9. The number of aliphatic hydroxyl groups is 1. The highest BCUT2D eigenvalue weighted by atomic mass is 19.4. The van der Waals surface area contributed by atoms with Gasteiger partial charge in [-0.15, -0.1) is 0 Å². The first-order valence-corrected chi connectivity index (χ1v) is 8.48. The van der Waals surface area contributed by atoms with Gasteiger partial charge in [-0.3, -0.25) is 9.58 Å². The molecule has 0 amide bonds. The van der Waals surface area contributed by atoms with Crippen LogP contribution in [0.25, 0.3) is 0 Å². The number of halogens is 3. The van der Waals surface area contributed by atoms with E-state index >= 15 is 0 Å². The lowest BCUT2D eigenvalue weighted by Crippen LogP contribution is -2.28. The van der Waals surface area contributed by atoms with E-state index in [2.05, 4.69) is 5.10 Å². The quantitative estimate of drug-likeness (QED) is 0.897. The molecule has 3 rings (SSSR count). The number of hydrogen-bond acceptors (Lipinski definition) is 3. The standard InChI is InChI=1S/C18H22F3N3O/c1-2-24-11-13(10-22-24)7-8-23-12-14(25)9-17(23)15-5-3-4-6-16(15)18(19,20)21/h3-6,10-11,14,17,25H,2,7-9,12H2,1H3/t14-,17+/m1/s1. The summed E-state index contributed by atoms with van der Waals surface area (Å²) >= 11 is 0. The van der Waals surface area contributed by atoms with Gasteiger partial charge in [0.2, 0.25) is 0 Å². The first-order chi connectivity index (χ1) is 11.9. The SMILES string of the molecule is CCn1cc(CCN2C[C@H](O)C[C@H]2c2ccccc2C(F)(F)F)cn1. The second-order valence-corrected chi connectivity index (χ2v) is 6.44. The number of aliphatic hydroxyl groups excluding tert-OH is 1. The second kappa shape index (κ2) is 7.17. The van der Waals surface area contributed by atoms with E-state index in [9.17, 15) is 18.3 Å². The third-order valence-corrected chi connectivity index (χ3v) is 4.70. The van der Waals surface area contributed by atoms with Crippen LogP contribution in [0.15, 0.2) is 36.7 Å². The maximum absolute atomic E-state index is 13.3. The van der Waals surface area contributed by atoms with Crippen LogP contribution in [0.3, 0.4) is 0 Å². The van der Waals surface area contributed by atoms with Crippen LogP contribution in [0.2, 0.25) is 0 Å². The third kappa shape index (κ3) is 4.04. The summed E-state index contributed by atoms with van der Waals surface area (Å²) in [5.41, 5.74) is 0.680. The summed E-state index contributed by atoms with van der Waals surface area (Å²) in [6.07, 6.45) is -0.249. The Morgan fingerprint density at radius 2 is 2.04 bits per heavy atom. The van der Waals surface area contributed by atoms with E-state index in [1.807, 2.05) is 22.7 Å². The zero-order valence-corrected chi connectivity index (χ0v) is 14.1. The predicted molar refractivity (Wildman–Crippen MR) is 88.0 cm³/mol. The van der Waals surface area contributed by atoms with Gasteiger partial charge in [-0.05, 0) is 37.0 Å². The van der Waals surface area contributed by atoms with E-state index in [1.165, 1.54) is 12.1 Å². The van der Waals surface area contributed by atoms with E-state index in [-0.39, 0.29) is 5.56 Å². The van der Waals surface area contributed by atoms with Crippen LogP contribution < -0.4 is 0 Å². The van der Waals surface area contributed by atoms with Crippen molar-refractivity contribution in [2.75, 3.05) is 13.1 Å². The minimum atomic E-state index is -4.39. The number of benzene rings is 1. The smallest absolute Gasteiger partial charge is 0.392 e. The molecule has 136 valence electrons. The van der Waals surface area contributed by atoms with Gasteiger partial charge in [0.1, 0.15) is 0 Å². The molecule has 1 aliphatic rings. The highest BCUT2D eigenvalue weighted by Crippen LogP contribution is 2.40. The van der Waals surface area contributed by atoms with Crippen LogP contribution >= 0.6 is 0 Å². The van der Waals surface area contributed by atoms with E-state index < -0.39 is 23.9 Å². The monoisotopic (exact) mass is 353 g/mol. The molecular weight excluding hydrogens is 331 g/mol. The largest absolute Gasteiger partial charge is 0.416 e.